The average molecular weight is 356 g/mol. The van der Waals surface area contributed by atoms with E-state index in [2.05, 4.69) is 20.3 Å². The van der Waals surface area contributed by atoms with Gasteiger partial charge < -0.3 is 5.73 Å². The van der Waals surface area contributed by atoms with Gasteiger partial charge in [0, 0.05) is 35.0 Å². The van der Waals surface area contributed by atoms with Crippen LogP contribution < -0.4 is 5.73 Å². The van der Waals surface area contributed by atoms with Crippen LogP contribution in [0.3, 0.4) is 0 Å². The van der Waals surface area contributed by atoms with Gasteiger partial charge in [-0.2, -0.15) is 10.2 Å². The molecule has 0 aliphatic carbocycles. The standard InChI is InChI=1S/C16H16N6O2S/c1-25(23,24)7-6-22-9-12-11-3-2-10(13-4-5-18-20-13)8-14(11)19-16(17)15(12)21-22/h2-5,8-9H,6-7H2,1H3,(H2,17,19)(H,18,20). The minimum absolute atomic E-state index is 0.0234. The van der Waals surface area contributed by atoms with Crippen molar-refractivity contribution in [2.75, 3.05) is 17.7 Å². The SMILES string of the molecule is CS(=O)(=O)CCn1cc2c(n1)c(N)nc1cc(-c3cc[nH]n3)ccc12. The first-order valence-electron chi connectivity index (χ1n) is 7.65. The van der Waals surface area contributed by atoms with E-state index in [4.69, 9.17) is 5.73 Å². The molecule has 3 N–H and O–H groups in total. The summed E-state index contributed by atoms with van der Waals surface area (Å²) in [6.07, 6.45) is 4.78. The number of aryl methyl sites for hydroxylation is 1. The molecule has 128 valence electrons. The minimum atomic E-state index is -3.06. The zero-order valence-electron chi connectivity index (χ0n) is 13.5. The lowest BCUT2D eigenvalue weighted by Crippen LogP contribution is -2.11. The van der Waals surface area contributed by atoms with Crippen molar-refractivity contribution in [1.82, 2.24) is 25.0 Å². The summed E-state index contributed by atoms with van der Waals surface area (Å²) in [5.74, 6) is 0.343. The summed E-state index contributed by atoms with van der Waals surface area (Å²) in [6, 6.07) is 7.72. The van der Waals surface area contributed by atoms with Gasteiger partial charge in [0.2, 0.25) is 0 Å². The first kappa shape index (κ1) is 15.6. The number of H-pyrrole nitrogens is 1. The molecule has 0 aliphatic rings. The third-order valence-corrected chi connectivity index (χ3v) is 4.94. The van der Waals surface area contributed by atoms with E-state index >= 15 is 0 Å². The van der Waals surface area contributed by atoms with Crippen LogP contribution in [0.2, 0.25) is 0 Å². The number of nitrogen functional groups attached to an aromatic ring is 1. The van der Waals surface area contributed by atoms with E-state index < -0.39 is 9.84 Å². The maximum Gasteiger partial charge on any atom is 0.152 e. The number of nitrogens with zero attached hydrogens (tertiary/aromatic N) is 4. The Morgan fingerprint density at radius 1 is 1.24 bits per heavy atom. The molecule has 25 heavy (non-hydrogen) atoms. The maximum atomic E-state index is 11.4. The lowest BCUT2D eigenvalue weighted by atomic mass is 10.1. The molecular weight excluding hydrogens is 340 g/mol. The molecule has 0 saturated carbocycles. The second kappa shape index (κ2) is 5.55. The second-order valence-electron chi connectivity index (χ2n) is 5.97. The molecule has 0 atom stereocenters. The zero-order valence-corrected chi connectivity index (χ0v) is 14.3. The Labute approximate surface area is 143 Å². The zero-order chi connectivity index (χ0) is 17.6. The highest BCUT2D eigenvalue weighted by atomic mass is 32.2. The summed E-state index contributed by atoms with van der Waals surface area (Å²) >= 11 is 0. The highest BCUT2D eigenvalue weighted by Crippen LogP contribution is 2.29. The van der Waals surface area contributed by atoms with Gasteiger partial charge in [-0.25, -0.2) is 13.4 Å². The number of nitrogens with one attached hydrogen (secondary N) is 1. The third kappa shape index (κ3) is 2.93. The largest absolute Gasteiger partial charge is 0.382 e. The van der Waals surface area contributed by atoms with Crippen molar-refractivity contribution in [1.29, 1.82) is 0 Å². The number of anilines is 1. The number of rotatable bonds is 4. The van der Waals surface area contributed by atoms with Crippen LogP contribution in [0.4, 0.5) is 5.82 Å². The fourth-order valence-electron chi connectivity index (χ4n) is 2.80. The van der Waals surface area contributed by atoms with Crippen molar-refractivity contribution in [2.45, 2.75) is 6.54 Å². The Morgan fingerprint density at radius 3 is 2.80 bits per heavy atom. The summed E-state index contributed by atoms with van der Waals surface area (Å²) in [7, 11) is -3.06. The van der Waals surface area contributed by atoms with E-state index in [1.165, 1.54) is 6.26 Å². The van der Waals surface area contributed by atoms with E-state index in [9.17, 15) is 8.42 Å². The van der Waals surface area contributed by atoms with Crippen molar-refractivity contribution in [2.24, 2.45) is 0 Å². The number of hydrogen-bond donors (Lipinski definition) is 2. The lowest BCUT2D eigenvalue weighted by Gasteiger charge is -2.03. The number of hydrogen-bond acceptors (Lipinski definition) is 6. The van der Waals surface area contributed by atoms with Crippen LogP contribution in [-0.2, 0) is 16.4 Å². The van der Waals surface area contributed by atoms with Crippen molar-refractivity contribution in [3.8, 4) is 11.3 Å². The van der Waals surface area contributed by atoms with Gasteiger partial charge in [-0.05, 0) is 12.1 Å². The Balaban J connectivity index is 1.84. The molecule has 3 aromatic heterocycles. The number of benzene rings is 1. The molecule has 0 saturated heterocycles. The first-order chi connectivity index (χ1) is 11.9. The van der Waals surface area contributed by atoms with Crippen LogP contribution in [-0.4, -0.2) is 45.4 Å². The molecule has 4 rings (SSSR count). The van der Waals surface area contributed by atoms with Gasteiger partial charge in [0.1, 0.15) is 15.4 Å². The highest BCUT2D eigenvalue weighted by molar-refractivity contribution is 7.90. The van der Waals surface area contributed by atoms with Crippen LogP contribution >= 0.6 is 0 Å². The Kier molecular flexibility index (Phi) is 3.46. The van der Waals surface area contributed by atoms with E-state index in [0.717, 1.165) is 27.5 Å². The predicted molar refractivity (Wildman–Crippen MR) is 96.7 cm³/mol. The molecule has 0 amide bonds. The highest BCUT2D eigenvalue weighted by Gasteiger charge is 2.13. The molecule has 8 nitrogen and oxygen atoms in total. The third-order valence-electron chi connectivity index (χ3n) is 4.02. The summed E-state index contributed by atoms with van der Waals surface area (Å²) < 4.78 is 24.3. The Hall–Kier alpha value is -2.94. The average Bonchev–Trinajstić information content (AvgIpc) is 3.22. The summed E-state index contributed by atoms with van der Waals surface area (Å²) in [5, 5.41) is 13.1. The molecule has 0 fully saturated rings. The van der Waals surface area contributed by atoms with Crippen LogP contribution in [0.1, 0.15) is 0 Å². The molecular formula is C16H16N6O2S. The van der Waals surface area contributed by atoms with E-state index in [1.54, 1.807) is 10.9 Å². The summed E-state index contributed by atoms with van der Waals surface area (Å²) in [5.41, 5.74) is 9.14. The number of sulfone groups is 1. The molecule has 4 aromatic rings. The summed E-state index contributed by atoms with van der Waals surface area (Å²) in [4.78, 5) is 4.44. The van der Waals surface area contributed by atoms with Crippen molar-refractivity contribution >= 4 is 37.5 Å². The second-order valence-corrected chi connectivity index (χ2v) is 8.23. The topological polar surface area (TPSA) is 120 Å². The van der Waals surface area contributed by atoms with Gasteiger partial charge in [0.05, 0.1) is 23.5 Å². The van der Waals surface area contributed by atoms with Crippen LogP contribution in [0.5, 0.6) is 0 Å². The van der Waals surface area contributed by atoms with E-state index in [1.807, 2.05) is 30.5 Å². The maximum absolute atomic E-state index is 11.4. The van der Waals surface area contributed by atoms with Crippen LogP contribution in [0.15, 0.2) is 36.7 Å². The predicted octanol–water partition coefficient (Wildman–Crippen LogP) is 1.60. The van der Waals surface area contributed by atoms with Crippen molar-refractivity contribution < 1.29 is 8.42 Å². The number of nitrogens with two attached hydrogens (primary N) is 1. The van der Waals surface area contributed by atoms with Gasteiger partial charge >= 0.3 is 0 Å². The quantitative estimate of drug-likeness (QED) is 0.573. The fourth-order valence-corrected chi connectivity index (χ4v) is 3.32. The number of pyridine rings is 1. The monoisotopic (exact) mass is 356 g/mol. The minimum Gasteiger partial charge on any atom is -0.382 e. The molecule has 9 heteroatoms. The smallest absolute Gasteiger partial charge is 0.152 e. The Morgan fingerprint density at radius 2 is 2.08 bits per heavy atom. The van der Waals surface area contributed by atoms with E-state index in [-0.39, 0.29) is 12.3 Å². The van der Waals surface area contributed by atoms with Crippen molar-refractivity contribution in [3.63, 3.8) is 0 Å². The fraction of sp³-hybridized carbons (Fsp3) is 0.188. The van der Waals surface area contributed by atoms with Gasteiger partial charge in [0.15, 0.2) is 5.82 Å². The van der Waals surface area contributed by atoms with Gasteiger partial charge in [0.25, 0.3) is 0 Å². The lowest BCUT2D eigenvalue weighted by molar-refractivity contribution is 0.587. The number of aromatic amines is 1. The molecule has 0 aliphatic heterocycles. The number of fused-ring (bicyclic) bond motifs is 3. The molecule has 0 radical (unpaired) electrons. The Bertz CT molecular complexity index is 1180. The molecule has 0 spiro atoms. The van der Waals surface area contributed by atoms with Gasteiger partial charge in [-0.3, -0.25) is 9.78 Å². The van der Waals surface area contributed by atoms with Gasteiger partial charge in [-0.1, -0.05) is 12.1 Å². The van der Waals surface area contributed by atoms with Crippen LogP contribution in [0.25, 0.3) is 33.1 Å². The van der Waals surface area contributed by atoms with Crippen LogP contribution in [0, 0.1) is 0 Å². The van der Waals surface area contributed by atoms with E-state index in [0.29, 0.717) is 11.3 Å². The normalized spacial score (nSPS) is 12.2. The first-order valence-corrected chi connectivity index (χ1v) is 9.71. The summed E-state index contributed by atoms with van der Waals surface area (Å²) in [6.45, 7) is 0.278. The molecule has 1 aromatic carbocycles. The van der Waals surface area contributed by atoms with Gasteiger partial charge in [-0.15, -0.1) is 0 Å². The molecule has 0 unspecified atom stereocenters. The van der Waals surface area contributed by atoms with Crippen molar-refractivity contribution in [3.05, 3.63) is 36.7 Å². The number of aromatic nitrogens is 5. The molecule has 3 heterocycles. The molecule has 0 bridgehead atoms.